The minimum Gasteiger partial charge on any atom is -0.480 e. The molecule has 0 saturated carbocycles. The second-order valence-corrected chi connectivity index (χ2v) is 7.32. The number of carbonyl (C=O) groups is 2. The third-order valence-electron chi connectivity index (χ3n) is 3.85. The molecule has 0 radical (unpaired) electrons. The summed E-state index contributed by atoms with van der Waals surface area (Å²) in [6, 6.07) is 8.38. The highest BCUT2D eigenvalue weighted by Gasteiger charge is 2.31. The van der Waals surface area contributed by atoms with Gasteiger partial charge in [0.15, 0.2) is 4.80 Å². The first-order valence-electron chi connectivity index (χ1n) is 8.03. The van der Waals surface area contributed by atoms with Crippen LogP contribution in [0.1, 0.15) is 23.3 Å². The number of benzene rings is 2. The minimum atomic E-state index is -4.87. The van der Waals surface area contributed by atoms with Crippen molar-refractivity contribution in [2.24, 2.45) is 4.99 Å². The number of nitrogens with zero attached hydrogens (tertiary/aromatic N) is 2. The maximum atomic E-state index is 12.5. The fourth-order valence-electron chi connectivity index (χ4n) is 2.56. The van der Waals surface area contributed by atoms with Gasteiger partial charge in [0.1, 0.15) is 11.8 Å². The molecule has 0 bridgehead atoms. The highest BCUT2D eigenvalue weighted by atomic mass is 35.5. The number of carboxylic acids is 1. The van der Waals surface area contributed by atoms with E-state index in [1.165, 1.54) is 29.7 Å². The molecule has 1 aromatic heterocycles. The van der Waals surface area contributed by atoms with Gasteiger partial charge < -0.3 is 14.4 Å². The van der Waals surface area contributed by atoms with Gasteiger partial charge in [-0.2, -0.15) is 4.99 Å². The van der Waals surface area contributed by atoms with Crippen LogP contribution in [0.5, 0.6) is 5.75 Å². The smallest absolute Gasteiger partial charge is 0.480 e. The lowest BCUT2D eigenvalue weighted by Gasteiger charge is -2.11. The molecule has 0 aliphatic rings. The van der Waals surface area contributed by atoms with Crippen LogP contribution >= 0.6 is 22.9 Å². The standard InChI is InChI=1S/C18H12ClF3N2O4S/c1-9(16(26)27)24-13-6-5-12(28-18(20,21)22)8-14(13)29-17(24)23-15(25)10-3-2-4-11(19)7-10/h2-9H,1H3,(H,26,27)/b23-17-. The molecular weight excluding hydrogens is 433 g/mol. The van der Waals surface area contributed by atoms with E-state index in [2.05, 4.69) is 9.73 Å². The first-order valence-corrected chi connectivity index (χ1v) is 9.23. The van der Waals surface area contributed by atoms with E-state index in [1.54, 1.807) is 12.1 Å². The number of hydrogen-bond acceptors (Lipinski definition) is 4. The summed E-state index contributed by atoms with van der Waals surface area (Å²) in [5.74, 6) is -2.33. The predicted octanol–water partition coefficient (Wildman–Crippen LogP) is 4.64. The third-order valence-corrected chi connectivity index (χ3v) is 5.10. The Morgan fingerprint density at radius 1 is 1.24 bits per heavy atom. The van der Waals surface area contributed by atoms with Crippen molar-refractivity contribution in [2.45, 2.75) is 19.3 Å². The molecule has 1 atom stereocenters. The molecule has 1 heterocycles. The van der Waals surface area contributed by atoms with Gasteiger partial charge in [0.2, 0.25) is 0 Å². The summed E-state index contributed by atoms with van der Waals surface area (Å²) in [6.45, 7) is 1.37. The molecule has 1 N–H and O–H groups in total. The van der Waals surface area contributed by atoms with Gasteiger partial charge in [0.05, 0.1) is 10.2 Å². The maximum absolute atomic E-state index is 12.5. The Hall–Kier alpha value is -2.85. The number of carbonyl (C=O) groups excluding carboxylic acids is 1. The first-order chi connectivity index (χ1) is 13.5. The largest absolute Gasteiger partial charge is 0.573 e. The Morgan fingerprint density at radius 2 is 1.97 bits per heavy atom. The summed E-state index contributed by atoms with van der Waals surface area (Å²) in [5, 5.41) is 9.72. The number of aliphatic carboxylic acids is 1. The van der Waals surface area contributed by atoms with Crippen LogP contribution < -0.4 is 9.54 Å². The summed E-state index contributed by atoms with van der Waals surface area (Å²) in [6.07, 6.45) is -4.87. The van der Waals surface area contributed by atoms with E-state index in [9.17, 15) is 27.9 Å². The van der Waals surface area contributed by atoms with Gasteiger partial charge in [-0.15, -0.1) is 13.2 Å². The van der Waals surface area contributed by atoms with Gasteiger partial charge in [-0.05, 0) is 43.3 Å². The second kappa shape index (κ2) is 7.88. The van der Waals surface area contributed by atoms with Gasteiger partial charge in [-0.25, -0.2) is 4.79 Å². The Labute approximate surface area is 170 Å². The van der Waals surface area contributed by atoms with E-state index < -0.39 is 30.0 Å². The lowest BCUT2D eigenvalue weighted by Crippen LogP contribution is -2.25. The molecule has 0 aliphatic heterocycles. The zero-order valence-corrected chi connectivity index (χ0v) is 16.2. The van der Waals surface area contributed by atoms with Gasteiger partial charge in [-0.3, -0.25) is 4.79 Å². The van der Waals surface area contributed by atoms with Crippen LogP contribution in [-0.4, -0.2) is 27.9 Å². The zero-order valence-electron chi connectivity index (χ0n) is 14.6. The number of hydrogen-bond donors (Lipinski definition) is 1. The minimum absolute atomic E-state index is 0.0176. The third kappa shape index (κ3) is 4.77. The van der Waals surface area contributed by atoms with Crippen molar-refractivity contribution in [2.75, 3.05) is 0 Å². The van der Waals surface area contributed by atoms with Crippen LogP contribution in [-0.2, 0) is 4.79 Å². The molecular formula is C18H12ClF3N2O4S. The lowest BCUT2D eigenvalue weighted by atomic mass is 10.2. The van der Waals surface area contributed by atoms with Crippen molar-refractivity contribution in [3.63, 3.8) is 0 Å². The Balaban J connectivity index is 2.17. The summed E-state index contributed by atoms with van der Waals surface area (Å²) < 4.78 is 42.9. The van der Waals surface area contributed by atoms with Crippen molar-refractivity contribution in [3.8, 4) is 5.75 Å². The average molecular weight is 445 g/mol. The summed E-state index contributed by atoms with van der Waals surface area (Å²) in [5.41, 5.74) is 0.489. The van der Waals surface area contributed by atoms with E-state index in [0.29, 0.717) is 10.5 Å². The second-order valence-electron chi connectivity index (χ2n) is 5.87. The van der Waals surface area contributed by atoms with E-state index in [0.717, 1.165) is 23.5 Å². The highest BCUT2D eigenvalue weighted by molar-refractivity contribution is 7.16. The number of rotatable bonds is 4. The molecule has 3 aromatic rings. The molecule has 0 spiro atoms. The number of carboxylic acid groups (broad SMARTS) is 1. The maximum Gasteiger partial charge on any atom is 0.573 e. The van der Waals surface area contributed by atoms with Crippen LogP contribution in [0.15, 0.2) is 47.5 Å². The zero-order chi connectivity index (χ0) is 21.3. The molecule has 0 fully saturated rings. The van der Waals surface area contributed by atoms with E-state index in [-0.39, 0.29) is 15.1 Å². The molecule has 0 aliphatic carbocycles. The number of aromatic nitrogens is 1. The molecule has 6 nitrogen and oxygen atoms in total. The number of fused-ring (bicyclic) bond motifs is 1. The van der Waals surface area contributed by atoms with Crippen molar-refractivity contribution in [1.82, 2.24) is 4.57 Å². The fraction of sp³-hybridized carbons (Fsp3) is 0.167. The van der Waals surface area contributed by atoms with Crippen molar-refractivity contribution in [3.05, 3.63) is 57.9 Å². The van der Waals surface area contributed by atoms with E-state index in [1.807, 2.05) is 0 Å². The molecule has 29 heavy (non-hydrogen) atoms. The Bertz CT molecular complexity index is 1170. The van der Waals surface area contributed by atoms with Crippen molar-refractivity contribution >= 4 is 45.0 Å². The number of alkyl halides is 3. The van der Waals surface area contributed by atoms with E-state index in [4.69, 9.17) is 11.6 Å². The topological polar surface area (TPSA) is 80.9 Å². The molecule has 3 rings (SSSR count). The summed E-state index contributed by atoms with van der Waals surface area (Å²) in [7, 11) is 0. The lowest BCUT2D eigenvalue weighted by molar-refractivity contribution is -0.274. The Morgan fingerprint density at radius 3 is 2.59 bits per heavy atom. The molecule has 152 valence electrons. The van der Waals surface area contributed by atoms with Crippen molar-refractivity contribution < 1.29 is 32.6 Å². The average Bonchev–Trinajstić information content (AvgIpc) is 2.96. The normalized spacial score (nSPS) is 13.5. The SMILES string of the molecule is CC(C(=O)O)n1/c(=N/C(=O)c2cccc(Cl)c2)sc2cc(OC(F)(F)F)ccc21. The number of halogens is 4. The monoisotopic (exact) mass is 444 g/mol. The summed E-state index contributed by atoms with van der Waals surface area (Å²) in [4.78, 5) is 28.0. The van der Waals surface area contributed by atoms with Crippen molar-refractivity contribution in [1.29, 1.82) is 0 Å². The van der Waals surface area contributed by atoms with E-state index >= 15 is 0 Å². The van der Waals surface area contributed by atoms with Crippen LogP contribution in [0.25, 0.3) is 10.2 Å². The number of thiazole rings is 1. The first kappa shape index (κ1) is 20.9. The van der Waals surface area contributed by atoms with Gasteiger partial charge in [-0.1, -0.05) is 29.0 Å². The molecule has 1 unspecified atom stereocenters. The van der Waals surface area contributed by atoms with Crippen LogP contribution in [0.3, 0.4) is 0 Å². The molecule has 1 amide bonds. The van der Waals surface area contributed by atoms with Gasteiger partial charge in [0.25, 0.3) is 5.91 Å². The molecule has 11 heteroatoms. The fourth-order valence-corrected chi connectivity index (χ4v) is 3.87. The van der Waals surface area contributed by atoms with Crippen LogP contribution in [0, 0.1) is 0 Å². The Kier molecular flexibility index (Phi) is 5.67. The predicted molar refractivity (Wildman–Crippen MR) is 100 cm³/mol. The van der Waals surface area contributed by atoms with Crippen LogP contribution in [0.4, 0.5) is 13.2 Å². The summed E-state index contributed by atoms with van der Waals surface area (Å²) >= 11 is 6.74. The number of ether oxygens (including phenoxy) is 1. The van der Waals surface area contributed by atoms with Crippen LogP contribution in [0.2, 0.25) is 5.02 Å². The quantitative estimate of drug-likeness (QED) is 0.635. The molecule has 2 aromatic carbocycles. The molecule has 0 saturated heterocycles. The van der Waals surface area contributed by atoms with Gasteiger partial charge in [0, 0.05) is 10.6 Å². The van der Waals surface area contributed by atoms with Gasteiger partial charge >= 0.3 is 12.3 Å². The highest BCUT2D eigenvalue weighted by Crippen LogP contribution is 2.29. The number of amides is 1.